The summed E-state index contributed by atoms with van der Waals surface area (Å²) < 4.78 is 14.5. The molecular formula is C28H29FN6O2. The molecule has 9 heteroatoms. The Morgan fingerprint density at radius 2 is 1.95 bits per heavy atom. The highest BCUT2D eigenvalue weighted by Crippen LogP contribution is 2.32. The molecular weight excluding hydrogens is 471 g/mol. The zero-order valence-electron chi connectivity index (χ0n) is 20.7. The lowest BCUT2D eigenvalue weighted by Gasteiger charge is -2.45. The van der Waals surface area contributed by atoms with Crippen LogP contribution in [0.25, 0.3) is 28.3 Å². The Kier molecular flexibility index (Phi) is 6.06. The lowest BCUT2D eigenvalue weighted by atomic mass is 9.90. The standard InChI is InChI=1S/C28H29FN6O2/c1-17-21(14-29)16-34(17)28(37)25-26(23-15-30-10-11-31-23)33-35-24(36)13-22(32-27(25)35)20-8-6-19(7-9-20)12-18-4-2-3-5-18/h6-11,13,15,17-18,21,32H,2-5,12,14,16H2,1H3. The molecule has 4 heterocycles. The zero-order chi connectivity index (χ0) is 25.5. The number of nitrogens with zero attached hydrogens (tertiary/aromatic N) is 5. The van der Waals surface area contributed by atoms with E-state index >= 15 is 0 Å². The van der Waals surface area contributed by atoms with E-state index < -0.39 is 6.67 Å². The maximum absolute atomic E-state index is 13.7. The number of benzene rings is 1. The number of carbonyl (C=O) groups is 1. The first-order valence-corrected chi connectivity index (χ1v) is 12.9. The Balaban J connectivity index is 1.42. The minimum atomic E-state index is -0.478. The molecule has 2 aliphatic rings. The quantitative estimate of drug-likeness (QED) is 0.426. The summed E-state index contributed by atoms with van der Waals surface area (Å²) in [5.41, 5.74) is 3.56. The lowest BCUT2D eigenvalue weighted by molar-refractivity contribution is 0.0142. The molecule has 8 nitrogen and oxygen atoms in total. The van der Waals surface area contributed by atoms with E-state index in [-0.39, 0.29) is 34.7 Å². The molecule has 4 aromatic rings. The van der Waals surface area contributed by atoms with Crippen molar-refractivity contribution in [3.8, 4) is 22.6 Å². The van der Waals surface area contributed by atoms with Gasteiger partial charge in [0.1, 0.15) is 17.0 Å². The smallest absolute Gasteiger partial charge is 0.274 e. The summed E-state index contributed by atoms with van der Waals surface area (Å²) in [5.74, 6) is 0.249. The number of fused-ring (bicyclic) bond motifs is 1. The van der Waals surface area contributed by atoms with Gasteiger partial charge in [0.15, 0.2) is 5.65 Å². The fourth-order valence-corrected chi connectivity index (χ4v) is 5.65. The first-order valence-electron chi connectivity index (χ1n) is 12.9. The molecule has 1 aliphatic carbocycles. The third-order valence-corrected chi connectivity index (χ3v) is 7.96. The van der Waals surface area contributed by atoms with Crippen LogP contribution >= 0.6 is 0 Å². The molecule has 1 N–H and O–H groups in total. The second-order valence-corrected chi connectivity index (χ2v) is 10.3. The Morgan fingerprint density at radius 3 is 2.62 bits per heavy atom. The molecule has 1 aliphatic heterocycles. The fourth-order valence-electron chi connectivity index (χ4n) is 5.65. The van der Waals surface area contributed by atoms with Crippen molar-refractivity contribution in [1.82, 2.24) is 29.5 Å². The molecule has 6 rings (SSSR count). The third kappa shape index (κ3) is 4.22. The summed E-state index contributed by atoms with van der Waals surface area (Å²) >= 11 is 0. The molecule has 0 spiro atoms. The highest BCUT2D eigenvalue weighted by molar-refractivity contribution is 6.05. The first kappa shape index (κ1) is 23.5. The second-order valence-electron chi connectivity index (χ2n) is 10.3. The Bertz CT molecular complexity index is 1490. The summed E-state index contributed by atoms with van der Waals surface area (Å²) in [4.78, 5) is 40.2. The van der Waals surface area contributed by atoms with Crippen molar-refractivity contribution < 1.29 is 9.18 Å². The number of aromatic nitrogens is 5. The van der Waals surface area contributed by atoms with Gasteiger partial charge in [-0.1, -0.05) is 49.9 Å². The van der Waals surface area contributed by atoms with E-state index in [2.05, 4.69) is 32.2 Å². The van der Waals surface area contributed by atoms with Gasteiger partial charge in [-0.25, -0.2) is 0 Å². The summed E-state index contributed by atoms with van der Waals surface area (Å²) in [6.07, 6.45) is 10.8. The molecule has 1 saturated heterocycles. The van der Waals surface area contributed by atoms with Crippen molar-refractivity contribution in [3.63, 3.8) is 0 Å². The third-order valence-electron chi connectivity index (χ3n) is 7.96. The van der Waals surface area contributed by atoms with Crippen LogP contribution in [0, 0.1) is 11.8 Å². The normalized spacial score (nSPS) is 19.9. The van der Waals surface area contributed by atoms with E-state index in [1.165, 1.54) is 60.4 Å². The highest BCUT2D eigenvalue weighted by Gasteiger charge is 2.41. The van der Waals surface area contributed by atoms with E-state index in [0.717, 1.165) is 17.9 Å². The maximum Gasteiger partial charge on any atom is 0.274 e. The van der Waals surface area contributed by atoms with Crippen LogP contribution in [0.3, 0.4) is 0 Å². The van der Waals surface area contributed by atoms with Crippen LogP contribution in [0.1, 0.15) is 48.5 Å². The largest absolute Gasteiger partial charge is 0.339 e. The average Bonchev–Trinajstić information content (AvgIpc) is 3.57. The van der Waals surface area contributed by atoms with Crippen LogP contribution in [0.15, 0.2) is 53.7 Å². The molecule has 0 radical (unpaired) electrons. The van der Waals surface area contributed by atoms with Crippen molar-refractivity contribution in [1.29, 1.82) is 0 Å². The van der Waals surface area contributed by atoms with Gasteiger partial charge in [0.05, 0.1) is 18.6 Å². The fraction of sp³-hybridized carbons (Fsp3) is 0.393. The van der Waals surface area contributed by atoms with E-state index in [9.17, 15) is 14.0 Å². The van der Waals surface area contributed by atoms with Crippen LogP contribution in [0.2, 0.25) is 0 Å². The van der Waals surface area contributed by atoms with Gasteiger partial charge in [-0.3, -0.25) is 23.9 Å². The summed E-state index contributed by atoms with van der Waals surface area (Å²) in [7, 11) is 0. The van der Waals surface area contributed by atoms with Crippen LogP contribution in [0.5, 0.6) is 0 Å². The summed E-state index contributed by atoms with van der Waals surface area (Å²) in [5, 5.41) is 4.46. The minimum absolute atomic E-state index is 0.192. The molecule has 2 fully saturated rings. The van der Waals surface area contributed by atoms with E-state index in [1.807, 2.05) is 19.1 Å². The van der Waals surface area contributed by atoms with Gasteiger partial charge < -0.3 is 9.88 Å². The van der Waals surface area contributed by atoms with Gasteiger partial charge in [-0.2, -0.15) is 9.61 Å². The zero-order valence-corrected chi connectivity index (χ0v) is 20.7. The van der Waals surface area contributed by atoms with Crippen molar-refractivity contribution in [2.45, 2.75) is 45.1 Å². The Labute approximate surface area is 213 Å². The second kappa shape index (κ2) is 9.53. The van der Waals surface area contributed by atoms with Crippen molar-refractivity contribution in [2.24, 2.45) is 11.8 Å². The summed E-state index contributed by atoms with van der Waals surface area (Å²) in [6.45, 7) is 1.68. The molecule has 2 atom stereocenters. The average molecular weight is 501 g/mol. The number of nitrogens with one attached hydrogen (secondary N) is 1. The van der Waals surface area contributed by atoms with Crippen LogP contribution in [0.4, 0.5) is 4.39 Å². The van der Waals surface area contributed by atoms with Gasteiger partial charge in [0.25, 0.3) is 11.5 Å². The van der Waals surface area contributed by atoms with Gasteiger partial charge in [0.2, 0.25) is 0 Å². The number of alkyl halides is 1. The molecule has 190 valence electrons. The molecule has 3 aromatic heterocycles. The minimum Gasteiger partial charge on any atom is -0.339 e. The van der Waals surface area contributed by atoms with Gasteiger partial charge in [0, 0.05) is 37.0 Å². The van der Waals surface area contributed by atoms with Crippen molar-refractivity contribution >= 4 is 11.6 Å². The molecule has 2 unspecified atom stereocenters. The van der Waals surface area contributed by atoms with E-state index in [0.29, 0.717) is 23.6 Å². The Morgan fingerprint density at radius 1 is 1.16 bits per heavy atom. The van der Waals surface area contributed by atoms with E-state index in [4.69, 9.17) is 0 Å². The van der Waals surface area contributed by atoms with Gasteiger partial charge in [-0.05, 0) is 30.4 Å². The number of likely N-dealkylation sites (tertiary alicyclic amines) is 1. The van der Waals surface area contributed by atoms with Gasteiger partial charge >= 0.3 is 0 Å². The topological polar surface area (TPSA) is 96.2 Å². The molecule has 1 amide bonds. The number of amides is 1. The predicted molar refractivity (Wildman–Crippen MR) is 138 cm³/mol. The molecule has 0 bridgehead atoms. The lowest BCUT2D eigenvalue weighted by Crippen LogP contribution is -2.58. The Hall–Kier alpha value is -3.88. The molecule has 1 aromatic carbocycles. The number of hydrogen-bond donors (Lipinski definition) is 1. The van der Waals surface area contributed by atoms with Crippen molar-refractivity contribution in [2.75, 3.05) is 13.2 Å². The SMILES string of the molecule is CC1C(CF)CN1C(=O)c1c(-c2cnccn2)nn2c(=O)cc(-c3ccc(CC4CCCC4)cc3)[nH]c12. The number of carbonyl (C=O) groups excluding carboxylic acids is 1. The number of aromatic amines is 1. The monoisotopic (exact) mass is 500 g/mol. The summed E-state index contributed by atoms with van der Waals surface area (Å²) in [6, 6.07) is 9.49. The predicted octanol–water partition coefficient (Wildman–Crippen LogP) is 4.31. The highest BCUT2D eigenvalue weighted by atomic mass is 19.1. The van der Waals surface area contributed by atoms with Gasteiger partial charge in [-0.15, -0.1) is 0 Å². The first-order chi connectivity index (χ1) is 18.0. The number of halogens is 1. The van der Waals surface area contributed by atoms with Crippen LogP contribution in [-0.4, -0.2) is 54.6 Å². The number of rotatable bonds is 6. The maximum atomic E-state index is 13.7. The van der Waals surface area contributed by atoms with Crippen LogP contribution < -0.4 is 5.56 Å². The van der Waals surface area contributed by atoms with E-state index in [1.54, 1.807) is 4.90 Å². The number of hydrogen-bond acceptors (Lipinski definition) is 5. The van der Waals surface area contributed by atoms with Crippen molar-refractivity contribution in [3.05, 3.63) is 70.4 Å². The number of H-pyrrole nitrogens is 1. The molecule has 37 heavy (non-hydrogen) atoms. The van der Waals surface area contributed by atoms with Crippen LogP contribution in [-0.2, 0) is 6.42 Å². The molecule has 1 saturated carbocycles.